The fourth-order valence-electron chi connectivity index (χ4n) is 14.2. The summed E-state index contributed by atoms with van der Waals surface area (Å²) >= 11 is 6.76. The summed E-state index contributed by atoms with van der Waals surface area (Å²) in [6, 6.07) is 49.4. The lowest BCUT2D eigenvalue weighted by Gasteiger charge is -2.23. The summed E-state index contributed by atoms with van der Waals surface area (Å²) < 4.78 is 177. The molecular weight excluding hydrogens is 2000 g/mol. The average Bonchev–Trinajstić information content (AvgIpc) is 1.75. The van der Waals surface area contributed by atoms with Crippen molar-refractivity contribution in [1.82, 2.24) is 61.9 Å². The number of halogens is 13. The van der Waals surface area contributed by atoms with E-state index in [4.69, 9.17) is 19.3 Å². The van der Waals surface area contributed by atoms with Crippen molar-refractivity contribution in [1.29, 1.82) is 0 Å². The van der Waals surface area contributed by atoms with Crippen LogP contribution in [0.3, 0.4) is 0 Å². The number of rotatable bonds is 23. The van der Waals surface area contributed by atoms with Gasteiger partial charge in [-0.25, -0.2) is 36.6 Å². The highest BCUT2D eigenvalue weighted by atomic mass is 79.9. The Kier molecular flexibility index (Phi) is 35.7. The van der Waals surface area contributed by atoms with Crippen molar-refractivity contribution in [2.45, 2.75) is 92.3 Å². The van der Waals surface area contributed by atoms with Gasteiger partial charge in [0.1, 0.15) is 57.3 Å². The SMILES string of the molecule is CCN(C(C)=O)c1cc(-c2cccc(C(O)C(F)(F)F)c2)cc2nonc12.CCN(C(C)=O)c1cc(-c2cccc(C=O)c2)cc2nonc12.CCN(C(C)=O)c1cc(Br)cc2nonc12.CCNc1cc(Br)cc2nonc12.CN(Cc1ccc(F)cc1)c1cc(C(=O)C(F)(F)F)cc2nonc12.COC(c1cc(N(C)Cc2ccc(F)cc2)c2nonc2c1)C(F)(F)F.O=Cc1cccc(B(O)O)c1. The van der Waals surface area contributed by atoms with Gasteiger partial charge in [-0.2, -0.15) is 39.5 Å². The van der Waals surface area contributed by atoms with Gasteiger partial charge in [-0.3, -0.25) is 28.8 Å². The van der Waals surface area contributed by atoms with Gasteiger partial charge >= 0.3 is 25.6 Å². The predicted octanol–water partition coefficient (Wildman–Crippen LogP) is 18.9. The third-order valence-corrected chi connectivity index (χ3v) is 21.7. The molecule has 4 N–H and O–H groups in total. The number of methoxy groups -OCH3 is 1. The minimum absolute atomic E-state index is 0.0371. The first-order chi connectivity index (χ1) is 67.1. The zero-order valence-electron chi connectivity index (χ0n) is 75.8. The molecule has 0 aliphatic rings. The fourth-order valence-corrected chi connectivity index (χ4v) is 15.1. The quantitative estimate of drug-likeness (QED) is 0.0200. The first kappa shape index (κ1) is 106. The van der Waals surface area contributed by atoms with Crippen LogP contribution in [-0.4, -0.2) is 186 Å². The van der Waals surface area contributed by atoms with E-state index in [2.05, 4.69) is 122 Å². The number of alkyl halides is 9. The first-order valence-electron chi connectivity index (χ1n) is 42.0. The second-order valence-electron chi connectivity index (χ2n) is 30.4. The van der Waals surface area contributed by atoms with Crippen molar-refractivity contribution >= 4 is 181 Å². The molecule has 11 aromatic carbocycles. The number of ketones is 1. The van der Waals surface area contributed by atoms with Gasteiger partial charge in [0, 0.05) is 107 Å². The van der Waals surface area contributed by atoms with Crippen LogP contribution in [0.15, 0.2) is 231 Å². The summed E-state index contributed by atoms with van der Waals surface area (Å²) in [6.07, 6.45) is -17.6. The van der Waals surface area contributed by atoms with E-state index in [9.17, 15) is 82.2 Å². The maximum absolute atomic E-state index is 13.2. The number of carbonyl (C=O) groups is 6. The Morgan fingerprint density at radius 3 is 1.23 bits per heavy atom. The Balaban J connectivity index is 0.000000160. The molecule has 6 heterocycles. The summed E-state index contributed by atoms with van der Waals surface area (Å²) in [5, 5.41) is 75.2. The number of aliphatic hydroxyl groups excluding tert-OH is 1. The zero-order valence-corrected chi connectivity index (χ0v) is 78.9. The highest BCUT2D eigenvalue weighted by molar-refractivity contribution is 9.10. The van der Waals surface area contributed by atoms with Crippen molar-refractivity contribution in [3.8, 4) is 22.3 Å². The van der Waals surface area contributed by atoms with Crippen LogP contribution in [0, 0.1) is 11.6 Å². The van der Waals surface area contributed by atoms with E-state index in [-0.39, 0.29) is 63.4 Å². The number of amides is 3. The van der Waals surface area contributed by atoms with Crippen LogP contribution in [0.25, 0.3) is 88.5 Å². The van der Waals surface area contributed by atoms with Crippen molar-refractivity contribution in [2.75, 3.05) is 77.2 Å². The van der Waals surface area contributed by atoms with Gasteiger partial charge in [0.2, 0.25) is 17.7 Å². The Hall–Kier alpha value is -15.3. The van der Waals surface area contributed by atoms with Gasteiger partial charge in [-0.15, -0.1) is 0 Å². The van der Waals surface area contributed by atoms with Crippen LogP contribution in [0.1, 0.15) is 114 Å². The Morgan fingerprint density at radius 1 is 0.433 bits per heavy atom. The second-order valence-corrected chi connectivity index (χ2v) is 32.3. The van der Waals surface area contributed by atoms with Gasteiger partial charge in [0.15, 0.2) is 45.3 Å². The summed E-state index contributed by atoms with van der Waals surface area (Å²) in [6.45, 7) is 14.9. The number of hydrogen-bond acceptors (Lipinski definition) is 31. The molecule has 0 spiro atoms. The molecule has 34 nitrogen and oxygen atoms in total. The van der Waals surface area contributed by atoms with E-state index in [1.165, 1.54) is 92.4 Å². The molecule has 141 heavy (non-hydrogen) atoms. The van der Waals surface area contributed by atoms with Crippen molar-refractivity contribution in [3.05, 3.63) is 254 Å². The lowest BCUT2D eigenvalue weighted by atomic mass is 9.80. The Morgan fingerprint density at radius 2 is 0.816 bits per heavy atom. The molecule has 0 aliphatic carbocycles. The van der Waals surface area contributed by atoms with Gasteiger partial charge in [-0.05, 0) is 249 Å². The van der Waals surface area contributed by atoms with E-state index < -0.39 is 55.0 Å². The lowest BCUT2D eigenvalue weighted by molar-refractivity contribution is -0.215. The third-order valence-electron chi connectivity index (χ3n) is 20.7. The number of aliphatic hydroxyl groups is 1. The van der Waals surface area contributed by atoms with E-state index in [0.29, 0.717) is 122 Å². The molecule has 17 rings (SSSR count). The van der Waals surface area contributed by atoms with E-state index in [0.717, 1.165) is 80.0 Å². The van der Waals surface area contributed by atoms with Gasteiger partial charge in [0.25, 0.3) is 5.78 Å². The monoisotopic (exact) mass is 2080 g/mol. The molecule has 0 fully saturated rings. The number of aldehydes is 2. The molecule has 0 radical (unpaired) electrons. The lowest BCUT2D eigenvalue weighted by Crippen LogP contribution is -2.29. The third kappa shape index (κ3) is 27.0. The molecule has 17 aromatic rings. The van der Waals surface area contributed by atoms with Crippen molar-refractivity contribution in [2.24, 2.45) is 0 Å². The number of benzene rings is 11. The van der Waals surface area contributed by atoms with Gasteiger partial charge < -0.3 is 49.7 Å². The molecule has 734 valence electrons. The van der Waals surface area contributed by atoms with E-state index >= 15 is 0 Å². The molecule has 0 saturated carbocycles. The Bertz CT molecular complexity index is 7240. The molecule has 48 heteroatoms. The van der Waals surface area contributed by atoms with Crippen LogP contribution in [0.2, 0.25) is 0 Å². The van der Waals surface area contributed by atoms with E-state index in [1.54, 1.807) is 113 Å². The second kappa shape index (κ2) is 47.4. The average molecular weight is 2090 g/mol. The largest absolute Gasteiger partial charge is 0.488 e. The molecule has 0 bridgehead atoms. The molecule has 2 unspecified atom stereocenters. The summed E-state index contributed by atoms with van der Waals surface area (Å²) in [4.78, 5) is 76.0. The number of Topliss-reactive ketones (excluding diaryl/α,β-unsaturated/α-hetero) is 1. The molecular formula is C93H82BBr2F11N18O16. The van der Waals surface area contributed by atoms with E-state index in [1.807, 2.05) is 63.2 Å². The van der Waals surface area contributed by atoms with Crippen LogP contribution in [-0.2, 0) is 32.2 Å². The maximum atomic E-state index is 13.2. The number of nitrogens with zero attached hydrogens (tertiary/aromatic N) is 17. The fraction of sp³-hybridized carbons (Fsp3) is 0.226. The normalized spacial score (nSPS) is 11.6. The minimum atomic E-state index is -5.00. The maximum Gasteiger partial charge on any atom is 0.488 e. The number of anilines is 6. The number of hydrogen-bond donors (Lipinski definition) is 4. The minimum Gasteiger partial charge on any atom is -0.423 e. The summed E-state index contributed by atoms with van der Waals surface area (Å²) in [7, 11) is 2.78. The number of nitrogens with one attached hydrogen (secondary N) is 1. The predicted molar refractivity (Wildman–Crippen MR) is 504 cm³/mol. The van der Waals surface area contributed by atoms with Crippen LogP contribution >= 0.6 is 31.9 Å². The van der Waals surface area contributed by atoms with Crippen LogP contribution in [0.5, 0.6) is 0 Å². The molecule has 6 aromatic heterocycles. The molecule has 0 aliphatic heterocycles. The summed E-state index contributed by atoms with van der Waals surface area (Å²) in [5.74, 6) is -3.09. The van der Waals surface area contributed by atoms with Crippen LogP contribution in [0.4, 0.5) is 82.4 Å². The first-order valence-corrected chi connectivity index (χ1v) is 43.6. The topological polar surface area (TPSA) is 434 Å². The standard InChI is InChI=1S/C18H16F3N3O3.C17H15F4N3O2.C17H15N3O3.C16H11F4N3O2.C10H10BrN3O2.C8H8BrN3O.C7H7BO3/c1-3-24(10(2)25)15-9-13(8-14-16(15)23-27-22-14)11-5-4-6-12(7-11)17(26)18(19,20)21;1-24(9-10-3-5-12(18)6-4-10)14-8-11(16(25-2)17(19,20)21)7-13-15(14)23-26-22-13;1-3-20(11(2)22)16-9-14(8-15-17(16)19-23-18-15)13-6-4-5-12(7-13)10-21;1-23(8-9-2-4-11(17)5-3-9)13-7-10(15(24)16(18,19)20)6-12-14(13)22-25-21-12;1-3-14(6(2)15)9-5-7(11)4-8-10(9)13-16-12-8;1-2-10-6-3-5(9)4-7-8(6)12-13-11-7;9-5-6-2-1-3-7(4-6)8(10)11/h4-9,17,26H,3H2,1-2H3;3-8,16H,9H2,1-2H3;4-10H,3H2,1-2H3;2-7H,8H2,1H3;4-5H,3H2,1-2H3;3-4,10H,2H2,1H3;1-5,10-11H. The van der Waals surface area contributed by atoms with Crippen molar-refractivity contribution in [3.63, 3.8) is 0 Å². The van der Waals surface area contributed by atoms with Crippen LogP contribution < -0.4 is 35.3 Å². The molecule has 0 saturated heterocycles. The molecule has 2 atom stereocenters. The summed E-state index contributed by atoms with van der Waals surface area (Å²) in [5.41, 5.74) is 13.3. The zero-order chi connectivity index (χ0) is 102. The highest BCUT2D eigenvalue weighted by Gasteiger charge is 2.43. The van der Waals surface area contributed by atoms with Gasteiger partial charge in [-0.1, -0.05) is 117 Å². The smallest absolute Gasteiger partial charge is 0.423 e. The number of ether oxygens (including phenoxy) is 1. The number of aromatic nitrogens is 12. The Labute approximate surface area is 808 Å². The number of carbonyl (C=O) groups excluding carboxylic acids is 6. The van der Waals surface area contributed by atoms with Crippen molar-refractivity contribution < 1.29 is 125 Å². The van der Waals surface area contributed by atoms with Gasteiger partial charge in [0.05, 0.1) is 34.1 Å². The number of fused-ring (bicyclic) bond motifs is 6. The highest BCUT2D eigenvalue weighted by Crippen LogP contribution is 2.42. The molecule has 3 amide bonds.